The van der Waals surface area contributed by atoms with Crippen molar-refractivity contribution in [2.24, 2.45) is 5.10 Å². The zero-order valence-corrected chi connectivity index (χ0v) is 18.6. The molecule has 9 heteroatoms. The quantitative estimate of drug-likeness (QED) is 0.259. The van der Waals surface area contributed by atoms with Crippen LogP contribution in [0.1, 0.15) is 23.6 Å². The molecule has 1 N–H and O–H groups in total. The van der Waals surface area contributed by atoms with Crippen molar-refractivity contribution in [3.05, 3.63) is 98.6 Å². The minimum Gasteiger partial charge on any atom is -0.490 e. The highest BCUT2D eigenvalue weighted by Crippen LogP contribution is 2.29. The maximum absolute atomic E-state index is 12.0. The number of ether oxygens (including phenoxy) is 2. The number of amides is 1. The highest BCUT2D eigenvalue weighted by atomic mass is 35.5. The SMILES string of the molecule is CCOc1cc(/C=N\NC(=O)Cc2ccc(Cl)cc2)ccc1OCc1ccc([N+](=O)[O-])cc1. The van der Waals surface area contributed by atoms with E-state index in [1.165, 1.54) is 18.3 Å². The number of carbonyl (C=O) groups is 1. The van der Waals surface area contributed by atoms with Gasteiger partial charge in [-0.05, 0) is 66.1 Å². The average Bonchev–Trinajstić information content (AvgIpc) is 2.80. The van der Waals surface area contributed by atoms with Crippen molar-refractivity contribution in [1.29, 1.82) is 0 Å². The second-order valence-corrected chi connectivity index (χ2v) is 7.38. The summed E-state index contributed by atoms with van der Waals surface area (Å²) < 4.78 is 11.5. The highest BCUT2D eigenvalue weighted by molar-refractivity contribution is 6.30. The lowest BCUT2D eigenvalue weighted by Crippen LogP contribution is -2.19. The Morgan fingerprint density at radius 2 is 1.73 bits per heavy atom. The molecule has 3 rings (SSSR count). The van der Waals surface area contributed by atoms with E-state index in [9.17, 15) is 14.9 Å². The topological polar surface area (TPSA) is 103 Å². The van der Waals surface area contributed by atoms with Gasteiger partial charge in [0.2, 0.25) is 5.91 Å². The van der Waals surface area contributed by atoms with Gasteiger partial charge in [-0.25, -0.2) is 5.43 Å². The number of carbonyl (C=O) groups excluding carboxylic acids is 1. The molecule has 0 spiro atoms. The molecule has 0 aliphatic rings. The van der Waals surface area contributed by atoms with E-state index in [1.54, 1.807) is 54.6 Å². The summed E-state index contributed by atoms with van der Waals surface area (Å²) in [6, 6.07) is 18.5. The van der Waals surface area contributed by atoms with Crippen LogP contribution in [0.15, 0.2) is 71.8 Å². The van der Waals surface area contributed by atoms with Gasteiger partial charge in [-0.2, -0.15) is 5.10 Å². The Morgan fingerprint density at radius 3 is 2.39 bits per heavy atom. The lowest BCUT2D eigenvalue weighted by atomic mass is 10.1. The second kappa shape index (κ2) is 11.6. The summed E-state index contributed by atoms with van der Waals surface area (Å²) in [7, 11) is 0. The number of rotatable bonds is 10. The minimum atomic E-state index is -0.446. The van der Waals surface area contributed by atoms with Crippen LogP contribution in [-0.4, -0.2) is 23.7 Å². The molecule has 0 saturated carbocycles. The van der Waals surface area contributed by atoms with Crippen LogP contribution in [-0.2, 0) is 17.8 Å². The fourth-order valence-electron chi connectivity index (χ4n) is 2.87. The lowest BCUT2D eigenvalue weighted by molar-refractivity contribution is -0.384. The number of nitrogens with zero attached hydrogens (tertiary/aromatic N) is 2. The molecule has 0 unspecified atom stereocenters. The Hall–Kier alpha value is -3.91. The van der Waals surface area contributed by atoms with Gasteiger partial charge in [0.05, 0.1) is 24.2 Å². The van der Waals surface area contributed by atoms with Crippen molar-refractivity contribution in [3.63, 3.8) is 0 Å². The number of nitro benzene ring substituents is 1. The van der Waals surface area contributed by atoms with Crippen molar-refractivity contribution >= 4 is 29.4 Å². The van der Waals surface area contributed by atoms with Gasteiger partial charge in [0.15, 0.2) is 11.5 Å². The predicted molar refractivity (Wildman–Crippen MR) is 126 cm³/mol. The highest BCUT2D eigenvalue weighted by Gasteiger charge is 2.09. The number of halogens is 1. The molecule has 0 fully saturated rings. The maximum Gasteiger partial charge on any atom is 0.269 e. The number of hydrogen-bond acceptors (Lipinski definition) is 6. The van der Waals surface area contributed by atoms with E-state index in [0.29, 0.717) is 28.7 Å². The first-order valence-corrected chi connectivity index (χ1v) is 10.5. The van der Waals surface area contributed by atoms with Crippen molar-refractivity contribution < 1.29 is 19.2 Å². The van der Waals surface area contributed by atoms with E-state index in [2.05, 4.69) is 10.5 Å². The van der Waals surface area contributed by atoms with Gasteiger partial charge in [-0.15, -0.1) is 0 Å². The Morgan fingerprint density at radius 1 is 1.03 bits per heavy atom. The molecule has 0 bridgehead atoms. The molecule has 0 heterocycles. The summed E-state index contributed by atoms with van der Waals surface area (Å²) in [6.45, 7) is 2.52. The number of nitro groups is 1. The summed E-state index contributed by atoms with van der Waals surface area (Å²) in [6.07, 6.45) is 1.70. The second-order valence-electron chi connectivity index (χ2n) is 6.95. The van der Waals surface area contributed by atoms with Crippen molar-refractivity contribution in [2.75, 3.05) is 6.61 Å². The summed E-state index contributed by atoms with van der Waals surface area (Å²) in [5, 5.41) is 15.4. The smallest absolute Gasteiger partial charge is 0.269 e. The molecule has 3 aromatic rings. The number of benzene rings is 3. The Balaban J connectivity index is 1.59. The monoisotopic (exact) mass is 467 g/mol. The summed E-state index contributed by atoms with van der Waals surface area (Å²) in [4.78, 5) is 22.4. The van der Waals surface area contributed by atoms with Crippen LogP contribution < -0.4 is 14.9 Å². The first-order valence-electron chi connectivity index (χ1n) is 10.1. The zero-order valence-electron chi connectivity index (χ0n) is 17.9. The van der Waals surface area contributed by atoms with Gasteiger partial charge in [0.25, 0.3) is 5.69 Å². The fourth-order valence-corrected chi connectivity index (χ4v) is 3.00. The molecule has 33 heavy (non-hydrogen) atoms. The molecule has 1 amide bonds. The summed E-state index contributed by atoms with van der Waals surface area (Å²) in [5.41, 5.74) is 4.86. The fraction of sp³-hybridized carbons (Fsp3) is 0.167. The maximum atomic E-state index is 12.0. The average molecular weight is 468 g/mol. The van der Waals surface area contributed by atoms with Crippen LogP contribution in [0.5, 0.6) is 11.5 Å². The summed E-state index contributed by atoms with van der Waals surface area (Å²) in [5.74, 6) is 0.802. The molecule has 0 atom stereocenters. The van der Waals surface area contributed by atoms with Gasteiger partial charge in [0.1, 0.15) is 6.61 Å². The molecule has 170 valence electrons. The van der Waals surface area contributed by atoms with Gasteiger partial charge in [-0.1, -0.05) is 23.7 Å². The third-order valence-corrected chi connectivity index (χ3v) is 4.74. The van der Waals surface area contributed by atoms with Crippen LogP contribution in [0, 0.1) is 10.1 Å². The largest absolute Gasteiger partial charge is 0.490 e. The van der Waals surface area contributed by atoms with Crippen LogP contribution in [0.2, 0.25) is 5.02 Å². The minimum absolute atomic E-state index is 0.0256. The lowest BCUT2D eigenvalue weighted by Gasteiger charge is -2.12. The van der Waals surface area contributed by atoms with E-state index in [1.807, 2.05) is 6.92 Å². The predicted octanol–water partition coefficient (Wildman–Crippen LogP) is 4.92. The molecule has 3 aromatic carbocycles. The van der Waals surface area contributed by atoms with Crippen LogP contribution in [0.25, 0.3) is 0 Å². The van der Waals surface area contributed by atoms with Gasteiger partial charge >= 0.3 is 0 Å². The molecule has 0 aliphatic heterocycles. The van der Waals surface area contributed by atoms with Crippen molar-refractivity contribution in [2.45, 2.75) is 20.0 Å². The number of nitrogens with one attached hydrogen (secondary N) is 1. The van der Waals surface area contributed by atoms with E-state index < -0.39 is 4.92 Å². The number of hydrogen-bond donors (Lipinski definition) is 1. The third kappa shape index (κ3) is 7.33. The number of hydrazone groups is 1. The molecule has 0 aliphatic carbocycles. The molecule has 0 saturated heterocycles. The Bertz CT molecular complexity index is 1130. The molecular formula is C24H22ClN3O5. The zero-order chi connectivity index (χ0) is 23.6. The van der Waals surface area contributed by atoms with Crippen molar-refractivity contribution in [1.82, 2.24) is 5.43 Å². The van der Waals surface area contributed by atoms with E-state index in [-0.39, 0.29) is 24.6 Å². The first-order chi connectivity index (χ1) is 15.9. The third-order valence-electron chi connectivity index (χ3n) is 4.49. The van der Waals surface area contributed by atoms with Crippen molar-refractivity contribution in [3.8, 4) is 11.5 Å². The van der Waals surface area contributed by atoms with E-state index in [4.69, 9.17) is 21.1 Å². The Kier molecular flexibility index (Phi) is 8.37. The summed E-state index contributed by atoms with van der Waals surface area (Å²) >= 11 is 5.85. The van der Waals surface area contributed by atoms with Crippen LogP contribution in [0.3, 0.4) is 0 Å². The van der Waals surface area contributed by atoms with Gasteiger partial charge < -0.3 is 9.47 Å². The van der Waals surface area contributed by atoms with Gasteiger partial charge in [-0.3, -0.25) is 14.9 Å². The standard InChI is InChI=1S/C24H22ClN3O5/c1-2-32-23-13-19(15-26-27-24(29)14-17-3-8-20(25)9-4-17)7-12-22(23)33-16-18-5-10-21(11-6-18)28(30)31/h3-13,15H,2,14,16H2,1H3,(H,27,29)/b26-15-. The normalized spacial score (nSPS) is 10.7. The van der Waals surface area contributed by atoms with Gasteiger partial charge in [0, 0.05) is 17.2 Å². The molecule has 0 aromatic heterocycles. The van der Waals surface area contributed by atoms with Crippen LogP contribution in [0.4, 0.5) is 5.69 Å². The van der Waals surface area contributed by atoms with Crippen LogP contribution >= 0.6 is 11.6 Å². The van der Waals surface area contributed by atoms with E-state index in [0.717, 1.165) is 11.1 Å². The molecule has 8 nitrogen and oxygen atoms in total. The first kappa shape index (κ1) is 23.7. The Labute approximate surface area is 195 Å². The number of non-ortho nitro benzene ring substituents is 1. The molecular weight excluding hydrogens is 446 g/mol. The van der Waals surface area contributed by atoms with E-state index >= 15 is 0 Å². The molecule has 0 radical (unpaired) electrons.